The maximum Gasteiger partial charge on any atom is 0.341 e. The summed E-state index contributed by atoms with van der Waals surface area (Å²) in [4.78, 5) is 12.6. The summed E-state index contributed by atoms with van der Waals surface area (Å²) in [6.45, 7) is 13.2. The molecular weight excluding hydrogens is 328 g/mol. The van der Waals surface area contributed by atoms with Crippen LogP contribution in [-0.2, 0) is 14.3 Å². The van der Waals surface area contributed by atoms with Crippen LogP contribution in [-0.4, -0.2) is 26.3 Å². The molecule has 4 heteroatoms. The highest BCUT2D eigenvalue weighted by atomic mass is 16.5. The van der Waals surface area contributed by atoms with Crippen LogP contribution in [0.1, 0.15) is 46.1 Å². The molecule has 0 saturated carbocycles. The van der Waals surface area contributed by atoms with E-state index >= 15 is 0 Å². The maximum absolute atomic E-state index is 12.6. The first-order valence-corrected chi connectivity index (χ1v) is 9.26. The maximum atomic E-state index is 12.6. The fraction of sp³-hybridized carbons (Fsp3) is 0.500. The van der Waals surface area contributed by atoms with Gasteiger partial charge in [0.1, 0.15) is 17.1 Å². The van der Waals surface area contributed by atoms with Crippen molar-refractivity contribution in [2.24, 2.45) is 11.8 Å². The number of ether oxygens (including phenoxy) is 3. The predicted molar refractivity (Wildman–Crippen MR) is 106 cm³/mol. The molecule has 144 valence electrons. The second kappa shape index (κ2) is 11.4. The minimum absolute atomic E-state index is 0.315. The molecule has 1 aromatic rings. The molecule has 0 aliphatic rings. The van der Waals surface area contributed by atoms with Gasteiger partial charge in [0.25, 0.3) is 0 Å². The van der Waals surface area contributed by atoms with Crippen LogP contribution in [0.15, 0.2) is 42.2 Å². The molecule has 0 aliphatic heterocycles. The molecule has 1 aromatic carbocycles. The van der Waals surface area contributed by atoms with Crippen molar-refractivity contribution in [3.63, 3.8) is 0 Å². The summed E-state index contributed by atoms with van der Waals surface area (Å²) >= 11 is 0. The van der Waals surface area contributed by atoms with E-state index in [2.05, 4.69) is 27.4 Å². The third kappa shape index (κ3) is 7.34. The molecular formula is C22H32O4. The Morgan fingerprint density at radius 2 is 1.58 bits per heavy atom. The second-order valence-electron chi connectivity index (χ2n) is 6.69. The molecule has 0 amide bonds. The Hall–Kier alpha value is -2.23. The minimum Gasteiger partial charge on any atom is -0.497 e. The van der Waals surface area contributed by atoms with Gasteiger partial charge in [0.15, 0.2) is 0 Å². The highest BCUT2D eigenvalue weighted by Crippen LogP contribution is 2.20. The van der Waals surface area contributed by atoms with Crippen LogP contribution >= 0.6 is 0 Å². The van der Waals surface area contributed by atoms with Crippen molar-refractivity contribution in [3.8, 4) is 5.75 Å². The third-order valence-corrected chi connectivity index (χ3v) is 4.38. The van der Waals surface area contributed by atoms with Gasteiger partial charge in [-0.15, -0.1) is 0 Å². The molecule has 0 aromatic heterocycles. The van der Waals surface area contributed by atoms with E-state index in [9.17, 15) is 4.79 Å². The van der Waals surface area contributed by atoms with Crippen LogP contribution in [0.5, 0.6) is 5.75 Å². The lowest BCUT2D eigenvalue weighted by atomic mass is 10.1. The number of rotatable bonds is 11. The molecule has 2 unspecified atom stereocenters. The lowest BCUT2D eigenvalue weighted by molar-refractivity contribution is -0.140. The van der Waals surface area contributed by atoms with Crippen LogP contribution in [0.2, 0.25) is 0 Å². The van der Waals surface area contributed by atoms with Gasteiger partial charge in [0.05, 0.1) is 20.3 Å². The molecule has 0 bridgehead atoms. The molecule has 0 spiro atoms. The van der Waals surface area contributed by atoms with E-state index in [1.54, 1.807) is 13.2 Å². The van der Waals surface area contributed by atoms with Gasteiger partial charge in [-0.05, 0) is 35.6 Å². The summed E-state index contributed by atoms with van der Waals surface area (Å²) < 4.78 is 16.4. The average Bonchev–Trinajstić information content (AvgIpc) is 2.68. The Kier molecular flexibility index (Phi) is 9.56. The summed E-state index contributed by atoms with van der Waals surface area (Å²) in [6.07, 6.45) is 3.71. The van der Waals surface area contributed by atoms with Crippen molar-refractivity contribution in [2.45, 2.75) is 40.5 Å². The average molecular weight is 360 g/mol. The Labute approximate surface area is 157 Å². The summed E-state index contributed by atoms with van der Waals surface area (Å²) in [5.74, 6) is 1.40. The Morgan fingerprint density at radius 1 is 1.04 bits per heavy atom. The highest BCUT2D eigenvalue weighted by molar-refractivity contribution is 5.97. The normalized spacial score (nSPS) is 13.7. The number of carbonyl (C=O) groups excluding carboxylic acids is 1. The molecule has 4 nitrogen and oxygen atoms in total. The fourth-order valence-electron chi connectivity index (χ4n) is 1.97. The van der Waals surface area contributed by atoms with Gasteiger partial charge in [-0.2, -0.15) is 0 Å². The standard InChI is InChI=1S/C22H32O4/c1-7-16(3)14-25-18(5)21(22(23)26-15-17(4)8-2)13-19-9-11-20(24-6)12-10-19/h9-13,16-17H,5,7-8,14-15H2,1-4,6H3. The van der Waals surface area contributed by atoms with Gasteiger partial charge >= 0.3 is 5.97 Å². The molecule has 0 fully saturated rings. The molecule has 26 heavy (non-hydrogen) atoms. The van der Waals surface area contributed by atoms with Gasteiger partial charge in [0, 0.05) is 0 Å². The summed E-state index contributed by atoms with van der Waals surface area (Å²) in [5.41, 5.74) is 1.20. The summed E-state index contributed by atoms with van der Waals surface area (Å²) in [7, 11) is 1.62. The van der Waals surface area contributed by atoms with Gasteiger partial charge < -0.3 is 14.2 Å². The fourth-order valence-corrected chi connectivity index (χ4v) is 1.97. The van der Waals surface area contributed by atoms with Crippen LogP contribution < -0.4 is 4.74 Å². The largest absolute Gasteiger partial charge is 0.497 e. The van der Waals surface area contributed by atoms with Gasteiger partial charge in [-0.3, -0.25) is 0 Å². The van der Waals surface area contributed by atoms with E-state index in [-0.39, 0.29) is 0 Å². The zero-order chi connectivity index (χ0) is 19.5. The molecule has 0 radical (unpaired) electrons. The number of benzene rings is 1. The summed E-state index contributed by atoms with van der Waals surface area (Å²) in [6, 6.07) is 7.44. The van der Waals surface area contributed by atoms with Crippen LogP contribution in [0.3, 0.4) is 0 Å². The molecule has 0 aliphatic carbocycles. The van der Waals surface area contributed by atoms with Crippen molar-refractivity contribution < 1.29 is 19.0 Å². The van der Waals surface area contributed by atoms with E-state index < -0.39 is 5.97 Å². The van der Waals surface area contributed by atoms with E-state index in [0.717, 1.165) is 24.2 Å². The Bertz CT molecular complexity index is 573. The second-order valence-corrected chi connectivity index (χ2v) is 6.69. The zero-order valence-corrected chi connectivity index (χ0v) is 16.7. The van der Waals surface area contributed by atoms with Gasteiger partial charge in [-0.25, -0.2) is 4.79 Å². The number of carbonyl (C=O) groups is 1. The van der Waals surface area contributed by atoms with Crippen molar-refractivity contribution in [1.29, 1.82) is 0 Å². The van der Waals surface area contributed by atoms with E-state index in [0.29, 0.717) is 36.4 Å². The van der Waals surface area contributed by atoms with Gasteiger partial charge in [0.2, 0.25) is 0 Å². The molecule has 1 rings (SSSR count). The van der Waals surface area contributed by atoms with Crippen molar-refractivity contribution in [3.05, 3.63) is 47.7 Å². The molecule has 0 saturated heterocycles. The summed E-state index contributed by atoms with van der Waals surface area (Å²) in [5, 5.41) is 0. The monoisotopic (exact) mass is 360 g/mol. The predicted octanol–water partition coefficient (Wildman–Crippen LogP) is 5.24. The minimum atomic E-state index is -0.407. The van der Waals surface area contributed by atoms with Crippen LogP contribution in [0, 0.1) is 11.8 Å². The molecule has 0 N–H and O–H groups in total. The SMILES string of the molecule is C=C(OCC(C)CC)C(=Cc1ccc(OC)cc1)C(=O)OCC(C)CC. The van der Waals surface area contributed by atoms with Crippen LogP contribution in [0.25, 0.3) is 6.08 Å². The lowest BCUT2D eigenvalue weighted by Gasteiger charge is -2.16. The van der Waals surface area contributed by atoms with Crippen molar-refractivity contribution in [2.75, 3.05) is 20.3 Å². The lowest BCUT2D eigenvalue weighted by Crippen LogP contribution is -2.16. The van der Waals surface area contributed by atoms with Crippen molar-refractivity contribution >= 4 is 12.0 Å². The van der Waals surface area contributed by atoms with E-state index in [1.807, 2.05) is 31.2 Å². The molecule has 0 heterocycles. The quantitative estimate of drug-likeness (QED) is 0.234. The Morgan fingerprint density at radius 3 is 2.08 bits per heavy atom. The van der Waals surface area contributed by atoms with Crippen molar-refractivity contribution in [1.82, 2.24) is 0 Å². The zero-order valence-electron chi connectivity index (χ0n) is 16.7. The first kappa shape index (κ1) is 21.8. The van der Waals surface area contributed by atoms with E-state index in [1.165, 1.54) is 0 Å². The smallest absolute Gasteiger partial charge is 0.341 e. The Balaban J connectivity index is 2.96. The first-order chi connectivity index (χ1) is 12.4. The van der Waals surface area contributed by atoms with Crippen LogP contribution in [0.4, 0.5) is 0 Å². The third-order valence-electron chi connectivity index (χ3n) is 4.38. The number of hydrogen-bond acceptors (Lipinski definition) is 4. The number of hydrogen-bond donors (Lipinski definition) is 0. The van der Waals surface area contributed by atoms with Gasteiger partial charge in [-0.1, -0.05) is 59.2 Å². The topological polar surface area (TPSA) is 44.8 Å². The van der Waals surface area contributed by atoms with E-state index in [4.69, 9.17) is 14.2 Å². The number of esters is 1. The highest BCUT2D eigenvalue weighted by Gasteiger charge is 2.18. The molecule has 2 atom stereocenters. The number of methoxy groups -OCH3 is 1. The first-order valence-electron chi connectivity index (χ1n) is 9.26.